The van der Waals surface area contributed by atoms with Crippen LogP contribution >= 0.6 is 23.2 Å². The van der Waals surface area contributed by atoms with E-state index in [1.165, 1.54) is 0 Å². The van der Waals surface area contributed by atoms with Crippen LogP contribution in [0.3, 0.4) is 0 Å². The molecule has 4 nitrogen and oxygen atoms in total. The number of halogens is 2. The third-order valence-corrected chi connectivity index (χ3v) is 3.96. The SMILES string of the molecule is CC(C)C(c1nc(Cc2ccc(Cl)cc2Cl)no1)C(C)O. The molecule has 0 fully saturated rings. The number of aromatic nitrogens is 2. The molecule has 0 spiro atoms. The van der Waals surface area contributed by atoms with Crippen LogP contribution in [0.5, 0.6) is 0 Å². The normalized spacial score (nSPS) is 14.4. The minimum absolute atomic E-state index is 0.174. The fraction of sp³-hybridized carbons (Fsp3) is 0.467. The first-order chi connectivity index (χ1) is 9.88. The number of aliphatic hydroxyl groups excluding tert-OH is 1. The molecule has 114 valence electrons. The molecule has 0 amide bonds. The first kappa shape index (κ1) is 16.3. The van der Waals surface area contributed by atoms with Gasteiger partial charge in [-0.05, 0) is 30.5 Å². The molecule has 0 saturated carbocycles. The molecule has 1 aromatic heterocycles. The molecule has 2 unspecified atom stereocenters. The predicted molar refractivity (Wildman–Crippen MR) is 82.8 cm³/mol. The van der Waals surface area contributed by atoms with E-state index in [2.05, 4.69) is 10.1 Å². The summed E-state index contributed by atoms with van der Waals surface area (Å²) in [5.41, 5.74) is 0.881. The Kier molecular flexibility index (Phi) is 5.25. The molecule has 0 saturated heterocycles. The lowest BCUT2D eigenvalue weighted by Gasteiger charge is -2.19. The summed E-state index contributed by atoms with van der Waals surface area (Å²) in [6.07, 6.45) is -0.0816. The maximum Gasteiger partial charge on any atom is 0.232 e. The predicted octanol–water partition coefficient (Wildman–Crippen LogP) is 4.09. The number of hydrogen-bond acceptors (Lipinski definition) is 4. The Hall–Kier alpha value is -1.10. The highest BCUT2D eigenvalue weighted by Gasteiger charge is 2.27. The van der Waals surface area contributed by atoms with Crippen molar-refractivity contribution in [3.63, 3.8) is 0 Å². The van der Waals surface area contributed by atoms with Crippen LogP contribution in [0.2, 0.25) is 10.0 Å². The van der Waals surface area contributed by atoms with Crippen LogP contribution < -0.4 is 0 Å². The van der Waals surface area contributed by atoms with Crippen molar-refractivity contribution in [1.82, 2.24) is 10.1 Å². The molecule has 2 atom stereocenters. The fourth-order valence-electron chi connectivity index (χ4n) is 2.36. The fourth-order valence-corrected chi connectivity index (χ4v) is 2.83. The number of hydrogen-bond donors (Lipinski definition) is 1. The summed E-state index contributed by atoms with van der Waals surface area (Å²) in [6, 6.07) is 5.30. The van der Waals surface area contributed by atoms with Crippen LogP contribution in [0.15, 0.2) is 22.7 Å². The Balaban J connectivity index is 2.20. The van der Waals surface area contributed by atoms with Gasteiger partial charge in [-0.3, -0.25) is 0 Å². The van der Waals surface area contributed by atoms with Gasteiger partial charge in [0.05, 0.1) is 12.0 Å². The van der Waals surface area contributed by atoms with Crippen molar-refractivity contribution in [3.05, 3.63) is 45.5 Å². The lowest BCUT2D eigenvalue weighted by atomic mass is 9.91. The van der Waals surface area contributed by atoms with Gasteiger partial charge in [-0.25, -0.2) is 0 Å². The van der Waals surface area contributed by atoms with Gasteiger partial charge in [0.15, 0.2) is 5.82 Å². The van der Waals surface area contributed by atoms with Gasteiger partial charge in [-0.2, -0.15) is 4.98 Å². The number of rotatable bonds is 5. The molecule has 1 aromatic carbocycles. The van der Waals surface area contributed by atoms with Crippen molar-refractivity contribution in [2.24, 2.45) is 5.92 Å². The smallest absolute Gasteiger partial charge is 0.232 e. The summed E-state index contributed by atoms with van der Waals surface area (Å²) in [6.45, 7) is 5.75. The first-order valence-corrected chi connectivity index (χ1v) is 7.58. The highest BCUT2D eigenvalue weighted by atomic mass is 35.5. The molecule has 1 N–H and O–H groups in total. The Morgan fingerprint density at radius 1 is 1.24 bits per heavy atom. The van der Waals surface area contributed by atoms with Gasteiger partial charge in [-0.1, -0.05) is 48.3 Å². The van der Waals surface area contributed by atoms with E-state index in [1.807, 2.05) is 19.9 Å². The number of benzene rings is 1. The van der Waals surface area contributed by atoms with Gasteiger partial charge >= 0.3 is 0 Å². The summed E-state index contributed by atoms with van der Waals surface area (Å²) >= 11 is 12.0. The van der Waals surface area contributed by atoms with Crippen molar-refractivity contribution >= 4 is 23.2 Å². The Morgan fingerprint density at radius 2 is 1.95 bits per heavy atom. The molecule has 21 heavy (non-hydrogen) atoms. The Morgan fingerprint density at radius 3 is 2.52 bits per heavy atom. The van der Waals surface area contributed by atoms with Crippen molar-refractivity contribution in [3.8, 4) is 0 Å². The zero-order valence-corrected chi connectivity index (χ0v) is 13.7. The average Bonchev–Trinajstić information content (AvgIpc) is 2.80. The number of nitrogens with zero attached hydrogens (tertiary/aromatic N) is 2. The standard InChI is InChI=1S/C15H18Cl2N2O2/c1-8(2)14(9(3)20)15-18-13(19-21-15)6-10-4-5-11(16)7-12(10)17/h4-5,7-9,14,20H,6H2,1-3H3. The summed E-state index contributed by atoms with van der Waals surface area (Å²) in [4.78, 5) is 4.38. The van der Waals surface area contributed by atoms with Crippen molar-refractivity contribution < 1.29 is 9.63 Å². The molecule has 0 aliphatic carbocycles. The lowest BCUT2D eigenvalue weighted by molar-refractivity contribution is 0.120. The van der Waals surface area contributed by atoms with Crippen LogP contribution in [-0.2, 0) is 6.42 Å². The lowest BCUT2D eigenvalue weighted by Crippen LogP contribution is -2.20. The van der Waals surface area contributed by atoms with Gasteiger partial charge in [-0.15, -0.1) is 0 Å². The quantitative estimate of drug-likeness (QED) is 0.898. The van der Waals surface area contributed by atoms with Crippen LogP contribution in [0.25, 0.3) is 0 Å². The largest absolute Gasteiger partial charge is 0.393 e. The summed E-state index contributed by atoms with van der Waals surface area (Å²) in [5.74, 6) is 1.03. The molecule has 6 heteroatoms. The van der Waals surface area contributed by atoms with E-state index in [9.17, 15) is 5.11 Å². The maximum atomic E-state index is 9.85. The van der Waals surface area contributed by atoms with Gasteiger partial charge in [0.2, 0.25) is 5.89 Å². The Labute approximate surface area is 134 Å². The minimum Gasteiger partial charge on any atom is -0.393 e. The van der Waals surface area contributed by atoms with Gasteiger partial charge in [0, 0.05) is 16.5 Å². The average molecular weight is 329 g/mol. The molecule has 2 aromatic rings. The summed E-state index contributed by atoms with van der Waals surface area (Å²) in [5, 5.41) is 15.0. The summed E-state index contributed by atoms with van der Waals surface area (Å²) < 4.78 is 5.29. The van der Waals surface area contributed by atoms with E-state index >= 15 is 0 Å². The Bertz CT molecular complexity index is 603. The highest BCUT2D eigenvalue weighted by Crippen LogP contribution is 2.28. The molecule has 0 bridgehead atoms. The second-order valence-electron chi connectivity index (χ2n) is 5.47. The van der Waals surface area contributed by atoms with Crippen LogP contribution in [-0.4, -0.2) is 21.4 Å². The zero-order chi connectivity index (χ0) is 15.6. The molecule has 0 radical (unpaired) electrons. The molecule has 0 aliphatic rings. The van der Waals surface area contributed by atoms with E-state index in [0.717, 1.165) is 5.56 Å². The molecular weight excluding hydrogens is 311 g/mol. The zero-order valence-electron chi connectivity index (χ0n) is 12.2. The topological polar surface area (TPSA) is 59.2 Å². The van der Waals surface area contributed by atoms with Crippen LogP contribution in [0, 0.1) is 5.92 Å². The van der Waals surface area contributed by atoms with Crippen molar-refractivity contribution in [2.75, 3.05) is 0 Å². The number of aliphatic hydroxyl groups is 1. The summed E-state index contributed by atoms with van der Waals surface area (Å²) in [7, 11) is 0. The van der Waals surface area contributed by atoms with E-state index in [-0.39, 0.29) is 11.8 Å². The maximum absolute atomic E-state index is 9.85. The third kappa shape index (κ3) is 3.96. The van der Waals surface area contributed by atoms with E-state index in [4.69, 9.17) is 27.7 Å². The second kappa shape index (κ2) is 6.77. The van der Waals surface area contributed by atoms with Gasteiger partial charge in [0.25, 0.3) is 0 Å². The van der Waals surface area contributed by atoms with E-state index in [0.29, 0.717) is 28.2 Å². The van der Waals surface area contributed by atoms with Gasteiger partial charge < -0.3 is 9.63 Å². The van der Waals surface area contributed by atoms with E-state index in [1.54, 1.807) is 19.1 Å². The minimum atomic E-state index is -0.544. The third-order valence-electron chi connectivity index (χ3n) is 3.37. The monoisotopic (exact) mass is 328 g/mol. The van der Waals surface area contributed by atoms with Gasteiger partial charge in [0.1, 0.15) is 0 Å². The highest BCUT2D eigenvalue weighted by molar-refractivity contribution is 6.35. The second-order valence-corrected chi connectivity index (χ2v) is 6.32. The first-order valence-electron chi connectivity index (χ1n) is 6.83. The van der Waals surface area contributed by atoms with Crippen LogP contribution in [0.4, 0.5) is 0 Å². The van der Waals surface area contributed by atoms with Crippen molar-refractivity contribution in [2.45, 2.75) is 39.2 Å². The van der Waals surface area contributed by atoms with Crippen LogP contribution in [0.1, 0.15) is 44.0 Å². The van der Waals surface area contributed by atoms with E-state index < -0.39 is 6.10 Å². The molecule has 0 aliphatic heterocycles. The molecular formula is C15H18Cl2N2O2. The molecule has 1 heterocycles. The van der Waals surface area contributed by atoms with Crippen molar-refractivity contribution in [1.29, 1.82) is 0 Å². The molecule has 2 rings (SSSR count).